The molecule has 0 spiro atoms. The van der Waals surface area contributed by atoms with Gasteiger partial charge in [0.2, 0.25) is 0 Å². The number of aryl methyl sites for hydroxylation is 1. The summed E-state index contributed by atoms with van der Waals surface area (Å²) >= 11 is 3.60. The first kappa shape index (κ1) is 29.0. The lowest BCUT2D eigenvalue weighted by Gasteiger charge is -2.40. The van der Waals surface area contributed by atoms with E-state index in [1.807, 2.05) is 20.8 Å². The van der Waals surface area contributed by atoms with E-state index in [4.69, 9.17) is 0 Å². The molecule has 1 aromatic heterocycles. The van der Waals surface area contributed by atoms with Gasteiger partial charge in [-0.2, -0.15) is 0 Å². The highest BCUT2D eigenvalue weighted by molar-refractivity contribution is 7.75. The lowest BCUT2D eigenvalue weighted by molar-refractivity contribution is -0.136. The Morgan fingerprint density at radius 3 is 2.23 bits per heavy atom. The smallest absolute Gasteiger partial charge is 0.307 e. The fourth-order valence-electron chi connectivity index (χ4n) is 3.90. The Balaban J connectivity index is 0.000000641. The summed E-state index contributed by atoms with van der Waals surface area (Å²) in [5.74, 6) is -2.97. The van der Waals surface area contributed by atoms with Crippen LogP contribution in [0.4, 0.5) is 14.5 Å². The summed E-state index contributed by atoms with van der Waals surface area (Å²) in [6.07, 6.45) is 1.58. The first-order chi connectivity index (χ1) is 16.2. The van der Waals surface area contributed by atoms with Crippen molar-refractivity contribution >= 4 is 24.6 Å². The van der Waals surface area contributed by atoms with E-state index in [1.165, 1.54) is 6.07 Å². The molecule has 0 amide bonds. The van der Waals surface area contributed by atoms with Gasteiger partial charge in [-0.3, -0.25) is 9.78 Å². The molecule has 1 saturated heterocycles. The van der Waals surface area contributed by atoms with Crippen LogP contribution >= 0.6 is 12.9 Å². The van der Waals surface area contributed by atoms with Crippen LogP contribution in [0.5, 0.6) is 0 Å². The van der Waals surface area contributed by atoms with Crippen molar-refractivity contribution in [3.05, 3.63) is 46.8 Å². The number of thiol groups is 1. The van der Waals surface area contributed by atoms with Crippen molar-refractivity contribution in [3.8, 4) is 11.1 Å². The predicted octanol–water partition coefficient (Wildman–Crippen LogP) is 5.73. The SMILES string of the molecule is CC(C)(C)OS.Cc1nc(CO)c(-c2ccc(F)c(F)c2)c(N2CCC(C)(C)CC2)c1CC(=O)O. The normalized spacial score (nSPS) is 15.4. The van der Waals surface area contributed by atoms with Gasteiger partial charge in [-0.15, -0.1) is 0 Å². The van der Waals surface area contributed by atoms with Crippen molar-refractivity contribution in [3.63, 3.8) is 0 Å². The van der Waals surface area contributed by atoms with Gasteiger partial charge in [0, 0.05) is 29.9 Å². The van der Waals surface area contributed by atoms with E-state index in [9.17, 15) is 23.8 Å². The van der Waals surface area contributed by atoms with Crippen molar-refractivity contribution in [1.82, 2.24) is 4.98 Å². The molecule has 0 radical (unpaired) electrons. The minimum absolute atomic E-state index is 0.0941. The quantitative estimate of drug-likeness (QED) is 0.352. The number of rotatable bonds is 5. The van der Waals surface area contributed by atoms with Crippen LogP contribution < -0.4 is 4.90 Å². The minimum atomic E-state index is -1.00. The number of pyridine rings is 1. The van der Waals surface area contributed by atoms with Gasteiger partial charge in [-0.1, -0.05) is 19.9 Å². The second-order valence-corrected chi connectivity index (χ2v) is 10.7. The van der Waals surface area contributed by atoms with Crippen LogP contribution in [0.2, 0.25) is 0 Å². The van der Waals surface area contributed by atoms with Crippen LogP contribution in [-0.2, 0) is 22.0 Å². The number of hydrogen-bond donors (Lipinski definition) is 3. The van der Waals surface area contributed by atoms with Gasteiger partial charge in [-0.05, 0) is 76.6 Å². The Kier molecular flexibility index (Phi) is 9.67. The summed E-state index contributed by atoms with van der Waals surface area (Å²) < 4.78 is 32.2. The number of carboxylic acids is 1. The molecule has 0 unspecified atom stereocenters. The molecule has 2 N–H and O–H groups in total. The van der Waals surface area contributed by atoms with Crippen LogP contribution in [0.1, 0.15) is 64.4 Å². The summed E-state index contributed by atoms with van der Waals surface area (Å²) in [6.45, 7) is 12.9. The largest absolute Gasteiger partial charge is 0.481 e. The summed E-state index contributed by atoms with van der Waals surface area (Å²) in [5.41, 5.74) is 2.93. The molecule has 1 aromatic carbocycles. The topological polar surface area (TPSA) is 82.9 Å². The maximum Gasteiger partial charge on any atom is 0.307 e. The number of aromatic nitrogens is 1. The fraction of sp³-hybridized carbons (Fsp3) is 0.538. The first-order valence-electron chi connectivity index (χ1n) is 11.6. The number of piperidine rings is 1. The third kappa shape index (κ3) is 7.88. The number of benzene rings is 1. The van der Waals surface area contributed by atoms with E-state index in [1.54, 1.807) is 6.92 Å². The summed E-state index contributed by atoms with van der Waals surface area (Å²) in [7, 11) is 0. The second-order valence-electron chi connectivity index (χ2n) is 10.6. The lowest BCUT2D eigenvalue weighted by Crippen LogP contribution is -2.38. The molecule has 0 atom stereocenters. The molecular weight excluding hydrogens is 474 g/mol. The average Bonchev–Trinajstić information content (AvgIpc) is 2.76. The number of carbonyl (C=O) groups is 1. The molecule has 2 aromatic rings. The number of carboxylic acid groups (broad SMARTS) is 1. The zero-order valence-electron chi connectivity index (χ0n) is 21.3. The highest BCUT2D eigenvalue weighted by atomic mass is 32.1. The molecule has 194 valence electrons. The Morgan fingerprint density at radius 2 is 1.77 bits per heavy atom. The molecule has 1 fully saturated rings. The average molecular weight is 511 g/mol. The van der Waals surface area contributed by atoms with E-state index in [0.717, 1.165) is 25.0 Å². The van der Waals surface area contributed by atoms with Gasteiger partial charge in [0.25, 0.3) is 0 Å². The number of nitrogens with zero attached hydrogens (tertiary/aromatic N) is 2. The maximum absolute atomic E-state index is 14.0. The van der Waals surface area contributed by atoms with Crippen LogP contribution in [0.15, 0.2) is 18.2 Å². The molecule has 2 heterocycles. The third-order valence-electron chi connectivity index (χ3n) is 5.94. The lowest BCUT2D eigenvalue weighted by atomic mass is 9.82. The molecule has 9 heteroatoms. The summed E-state index contributed by atoms with van der Waals surface area (Å²) in [4.78, 5) is 18.0. The molecule has 1 aliphatic heterocycles. The fourth-order valence-corrected chi connectivity index (χ4v) is 3.90. The molecule has 35 heavy (non-hydrogen) atoms. The Bertz CT molecular complexity index is 1040. The highest BCUT2D eigenvalue weighted by Gasteiger charge is 2.30. The van der Waals surface area contributed by atoms with Gasteiger partial charge >= 0.3 is 5.97 Å². The maximum atomic E-state index is 14.0. The second kappa shape index (κ2) is 11.7. The number of hydrogen-bond acceptors (Lipinski definition) is 6. The molecule has 0 aliphatic carbocycles. The molecule has 3 rings (SSSR count). The molecular formula is C26H36F2N2O4S. The number of anilines is 1. The standard InChI is InChI=1S/C22H26F2N2O3.C4H10OS/c1-13-15(11-19(28)29)21(26-8-6-22(2,3)7-9-26)20(18(12-27)25-13)14-4-5-16(23)17(24)10-14;1-4(2,3)5-6/h4-5,10,27H,6-9,11-12H2,1-3H3,(H,28,29);6H,1-3H3. The van der Waals surface area contributed by atoms with Crippen LogP contribution in [-0.4, -0.2) is 39.9 Å². The molecule has 6 nitrogen and oxygen atoms in total. The Morgan fingerprint density at radius 1 is 1.20 bits per heavy atom. The minimum Gasteiger partial charge on any atom is -0.481 e. The van der Waals surface area contributed by atoms with Crippen molar-refractivity contribution in [1.29, 1.82) is 0 Å². The highest BCUT2D eigenvalue weighted by Crippen LogP contribution is 2.42. The zero-order valence-corrected chi connectivity index (χ0v) is 22.2. The van der Waals surface area contributed by atoms with Crippen molar-refractivity contribution in [2.24, 2.45) is 5.41 Å². The van der Waals surface area contributed by atoms with E-state index in [0.29, 0.717) is 46.9 Å². The van der Waals surface area contributed by atoms with E-state index in [2.05, 4.69) is 40.8 Å². The predicted molar refractivity (Wildman–Crippen MR) is 137 cm³/mol. The molecule has 1 aliphatic rings. The Hall–Kier alpha value is -2.23. The van der Waals surface area contributed by atoms with Gasteiger partial charge < -0.3 is 19.3 Å². The number of aliphatic hydroxyl groups is 1. The number of aliphatic hydroxyl groups excluding tert-OH is 1. The Labute approximate surface area is 212 Å². The van der Waals surface area contributed by atoms with Crippen molar-refractivity contribution < 1.29 is 28.0 Å². The summed E-state index contributed by atoms with van der Waals surface area (Å²) in [5, 5.41) is 19.4. The van der Waals surface area contributed by atoms with Gasteiger partial charge in [0.15, 0.2) is 11.6 Å². The summed E-state index contributed by atoms with van der Waals surface area (Å²) in [6, 6.07) is 3.54. The zero-order chi connectivity index (χ0) is 26.6. The van der Waals surface area contributed by atoms with E-state index in [-0.39, 0.29) is 17.4 Å². The van der Waals surface area contributed by atoms with E-state index >= 15 is 0 Å². The monoisotopic (exact) mass is 510 g/mol. The van der Waals surface area contributed by atoms with Gasteiger partial charge in [0.1, 0.15) is 0 Å². The van der Waals surface area contributed by atoms with Crippen molar-refractivity contribution in [2.75, 3.05) is 18.0 Å². The van der Waals surface area contributed by atoms with Crippen LogP contribution in [0.25, 0.3) is 11.1 Å². The third-order valence-corrected chi connectivity index (χ3v) is 6.49. The van der Waals surface area contributed by atoms with Gasteiger partial charge in [-0.25, -0.2) is 8.78 Å². The number of aliphatic carboxylic acids is 1. The van der Waals surface area contributed by atoms with Crippen molar-refractivity contribution in [2.45, 2.75) is 73.0 Å². The van der Waals surface area contributed by atoms with Gasteiger partial charge in [0.05, 0.1) is 30.0 Å². The van der Waals surface area contributed by atoms with Crippen LogP contribution in [0.3, 0.4) is 0 Å². The molecule has 0 saturated carbocycles. The molecule has 0 bridgehead atoms. The van der Waals surface area contributed by atoms with Crippen LogP contribution in [0, 0.1) is 24.0 Å². The number of halogens is 2. The first-order valence-corrected chi connectivity index (χ1v) is 11.9. The van der Waals surface area contributed by atoms with E-state index < -0.39 is 24.2 Å².